The molecule has 0 heterocycles. The molecule has 0 aliphatic rings. The average molecular weight is 174 g/mol. The Morgan fingerprint density at radius 1 is 1.44 bits per heavy atom. The van der Waals surface area contributed by atoms with Gasteiger partial charge < -0.3 is 10.1 Å². The Morgan fingerprint density at radius 3 is 2.56 bits per heavy atom. The van der Waals surface area contributed by atoms with E-state index in [1.807, 2.05) is 0 Å². The Hall–Kier alpha value is 0.500. The van der Waals surface area contributed by atoms with Crippen molar-refractivity contribution in [3.63, 3.8) is 0 Å². The van der Waals surface area contributed by atoms with Crippen LogP contribution in [0, 0.1) is 0 Å². The Bertz CT molecular complexity index is 39.9. The predicted molar refractivity (Wildman–Crippen MR) is 42.7 cm³/mol. The van der Waals surface area contributed by atoms with Crippen molar-refractivity contribution >= 4 is 24.0 Å². The molecule has 9 heavy (non-hydrogen) atoms. The lowest BCUT2D eigenvalue weighted by Gasteiger charge is -1.98. The lowest BCUT2D eigenvalue weighted by Crippen LogP contribution is -2.20. The number of alkyl halides is 1. The standard InChI is InChI=1S/C5H12ClNO.ClH/c1-8-5-4-7-3-2-6;/h7H,2-5H2,1H3;1H. The van der Waals surface area contributed by atoms with Gasteiger partial charge in [0.1, 0.15) is 0 Å². The lowest BCUT2D eigenvalue weighted by atomic mass is 10.6. The minimum Gasteiger partial charge on any atom is -0.383 e. The summed E-state index contributed by atoms with van der Waals surface area (Å²) in [4.78, 5) is 0. The van der Waals surface area contributed by atoms with E-state index in [0.29, 0.717) is 5.88 Å². The van der Waals surface area contributed by atoms with E-state index in [-0.39, 0.29) is 12.4 Å². The van der Waals surface area contributed by atoms with Gasteiger partial charge in [-0.3, -0.25) is 0 Å². The number of halogens is 2. The molecule has 0 saturated carbocycles. The maximum atomic E-state index is 5.38. The Kier molecular flexibility index (Phi) is 15.3. The van der Waals surface area contributed by atoms with E-state index >= 15 is 0 Å². The van der Waals surface area contributed by atoms with Gasteiger partial charge in [-0.2, -0.15) is 0 Å². The number of hydrogen-bond donors (Lipinski definition) is 1. The Balaban J connectivity index is 0. The van der Waals surface area contributed by atoms with Crippen LogP contribution in [0.5, 0.6) is 0 Å². The number of nitrogens with one attached hydrogen (secondary N) is 1. The quantitative estimate of drug-likeness (QED) is 0.493. The molecule has 0 atom stereocenters. The summed E-state index contributed by atoms with van der Waals surface area (Å²) in [7, 11) is 1.68. The molecular formula is C5H13Cl2NO. The Labute approximate surface area is 67.3 Å². The molecule has 0 aromatic heterocycles. The maximum absolute atomic E-state index is 5.38. The zero-order valence-electron chi connectivity index (χ0n) is 5.52. The van der Waals surface area contributed by atoms with Crippen LogP contribution in [0.25, 0.3) is 0 Å². The van der Waals surface area contributed by atoms with E-state index in [1.165, 1.54) is 0 Å². The molecule has 0 aromatic carbocycles. The summed E-state index contributed by atoms with van der Waals surface area (Å²) in [5.74, 6) is 0.670. The van der Waals surface area contributed by atoms with Gasteiger partial charge in [0.05, 0.1) is 6.61 Å². The Morgan fingerprint density at radius 2 is 2.11 bits per heavy atom. The van der Waals surface area contributed by atoms with Crippen LogP contribution in [-0.4, -0.2) is 32.7 Å². The first-order chi connectivity index (χ1) is 3.91. The second-order valence-electron chi connectivity index (χ2n) is 1.43. The molecule has 0 unspecified atom stereocenters. The van der Waals surface area contributed by atoms with Gasteiger partial charge in [-0.15, -0.1) is 24.0 Å². The van der Waals surface area contributed by atoms with Gasteiger partial charge in [0.15, 0.2) is 0 Å². The van der Waals surface area contributed by atoms with E-state index in [2.05, 4.69) is 5.32 Å². The van der Waals surface area contributed by atoms with Crippen LogP contribution >= 0.6 is 24.0 Å². The second kappa shape index (κ2) is 11.3. The third-order valence-electron chi connectivity index (χ3n) is 0.754. The van der Waals surface area contributed by atoms with Crippen LogP contribution in [0.4, 0.5) is 0 Å². The van der Waals surface area contributed by atoms with E-state index in [0.717, 1.165) is 19.7 Å². The SMILES string of the molecule is COCCNCCCl.Cl. The van der Waals surface area contributed by atoms with E-state index in [9.17, 15) is 0 Å². The van der Waals surface area contributed by atoms with E-state index in [1.54, 1.807) is 7.11 Å². The summed E-state index contributed by atoms with van der Waals surface area (Å²) in [5.41, 5.74) is 0. The van der Waals surface area contributed by atoms with Crippen LogP contribution in [0.2, 0.25) is 0 Å². The minimum absolute atomic E-state index is 0. The van der Waals surface area contributed by atoms with E-state index in [4.69, 9.17) is 16.3 Å². The number of hydrogen-bond acceptors (Lipinski definition) is 2. The number of ether oxygens (including phenoxy) is 1. The second-order valence-corrected chi connectivity index (χ2v) is 1.81. The van der Waals surface area contributed by atoms with Crippen molar-refractivity contribution in [2.45, 2.75) is 0 Å². The summed E-state index contributed by atoms with van der Waals surface area (Å²) >= 11 is 5.38. The summed E-state index contributed by atoms with van der Waals surface area (Å²) in [5, 5.41) is 3.08. The largest absolute Gasteiger partial charge is 0.383 e. The van der Waals surface area contributed by atoms with Crippen molar-refractivity contribution in [2.75, 3.05) is 32.7 Å². The molecule has 0 bridgehead atoms. The third-order valence-corrected chi connectivity index (χ3v) is 0.943. The third kappa shape index (κ3) is 11.9. The maximum Gasteiger partial charge on any atom is 0.0587 e. The van der Waals surface area contributed by atoms with Gasteiger partial charge >= 0.3 is 0 Å². The fourth-order valence-corrected chi connectivity index (χ4v) is 0.500. The minimum atomic E-state index is 0. The fourth-order valence-electron chi connectivity index (χ4n) is 0.366. The molecule has 1 N–H and O–H groups in total. The van der Waals surface area contributed by atoms with Crippen molar-refractivity contribution in [1.82, 2.24) is 5.32 Å². The number of methoxy groups -OCH3 is 1. The topological polar surface area (TPSA) is 21.3 Å². The zero-order chi connectivity index (χ0) is 6.24. The summed E-state index contributed by atoms with van der Waals surface area (Å²) < 4.78 is 4.78. The summed E-state index contributed by atoms with van der Waals surface area (Å²) in [6.45, 7) is 2.52. The lowest BCUT2D eigenvalue weighted by molar-refractivity contribution is 0.200. The molecule has 0 aromatic rings. The molecule has 0 fully saturated rings. The van der Waals surface area contributed by atoms with Crippen LogP contribution in [0.1, 0.15) is 0 Å². The highest BCUT2D eigenvalue weighted by Crippen LogP contribution is 1.69. The van der Waals surface area contributed by atoms with Crippen molar-refractivity contribution in [1.29, 1.82) is 0 Å². The molecule has 0 aliphatic carbocycles. The summed E-state index contributed by atoms with van der Waals surface area (Å²) in [6.07, 6.45) is 0. The van der Waals surface area contributed by atoms with Crippen LogP contribution < -0.4 is 5.32 Å². The van der Waals surface area contributed by atoms with E-state index < -0.39 is 0 Å². The fraction of sp³-hybridized carbons (Fsp3) is 1.00. The smallest absolute Gasteiger partial charge is 0.0587 e. The van der Waals surface area contributed by atoms with Crippen molar-refractivity contribution in [2.24, 2.45) is 0 Å². The average Bonchev–Trinajstić information content (AvgIpc) is 1.81. The van der Waals surface area contributed by atoms with Crippen LogP contribution in [-0.2, 0) is 4.74 Å². The highest BCUT2D eigenvalue weighted by Gasteiger charge is 1.81. The molecule has 0 aliphatic heterocycles. The predicted octanol–water partition coefficient (Wildman–Crippen LogP) is 0.883. The monoisotopic (exact) mass is 173 g/mol. The van der Waals surface area contributed by atoms with Gasteiger partial charge in [-0.1, -0.05) is 0 Å². The first kappa shape index (κ1) is 12.2. The summed E-state index contributed by atoms with van der Waals surface area (Å²) in [6, 6.07) is 0. The molecule has 0 spiro atoms. The molecule has 0 rings (SSSR count). The highest BCUT2D eigenvalue weighted by atomic mass is 35.5. The van der Waals surface area contributed by atoms with Gasteiger partial charge in [0.2, 0.25) is 0 Å². The van der Waals surface area contributed by atoms with Gasteiger partial charge in [-0.25, -0.2) is 0 Å². The molecule has 2 nitrogen and oxygen atoms in total. The van der Waals surface area contributed by atoms with Gasteiger partial charge in [0, 0.05) is 26.1 Å². The first-order valence-corrected chi connectivity index (χ1v) is 3.21. The first-order valence-electron chi connectivity index (χ1n) is 2.67. The van der Waals surface area contributed by atoms with Crippen LogP contribution in [0.15, 0.2) is 0 Å². The molecular weight excluding hydrogens is 161 g/mol. The molecule has 0 radical (unpaired) electrons. The molecule has 0 saturated heterocycles. The molecule has 4 heteroatoms. The normalized spacial score (nSPS) is 8.67. The zero-order valence-corrected chi connectivity index (χ0v) is 7.10. The van der Waals surface area contributed by atoms with Crippen molar-refractivity contribution in [3.8, 4) is 0 Å². The highest BCUT2D eigenvalue weighted by molar-refractivity contribution is 6.18. The van der Waals surface area contributed by atoms with Crippen molar-refractivity contribution < 1.29 is 4.74 Å². The van der Waals surface area contributed by atoms with Gasteiger partial charge in [-0.05, 0) is 0 Å². The van der Waals surface area contributed by atoms with Crippen LogP contribution in [0.3, 0.4) is 0 Å². The van der Waals surface area contributed by atoms with Gasteiger partial charge in [0.25, 0.3) is 0 Å². The molecule has 0 amide bonds. The van der Waals surface area contributed by atoms with Crippen molar-refractivity contribution in [3.05, 3.63) is 0 Å². The number of rotatable bonds is 5. The molecule has 58 valence electrons.